The van der Waals surface area contributed by atoms with Crippen LogP contribution in [0.5, 0.6) is 0 Å². The number of anilines is 1. The van der Waals surface area contributed by atoms with Gasteiger partial charge in [0.15, 0.2) is 22.2 Å². The lowest BCUT2D eigenvalue weighted by atomic mass is 10.1. The van der Waals surface area contributed by atoms with Gasteiger partial charge < -0.3 is 10.1 Å². The highest BCUT2D eigenvalue weighted by Crippen LogP contribution is 2.26. The minimum atomic E-state index is -3.85. The van der Waals surface area contributed by atoms with Crippen molar-refractivity contribution in [2.75, 3.05) is 17.7 Å². The van der Waals surface area contributed by atoms with E-state index in [0.717, 1.165) is 0 Å². The molecule has 7 nitrogen and oxygen atoms in total. The number of esters is 1. The minimum absolute atomic E-state index is 0.00191. The molecule has 2 rings (SSSR count). The highest BCUT2D eigenvalue weighted by Gasteiger charge is 2.21. The van der Waals surface area contributed by atoms with Gasteiger partial charge >= 0.3 is 5.97 Å². The number of benzene rings is 2. The Bertz CT molecular complexity index is 1040. The lowest BCUT2D eigenvalue weighted by Crippen LogP contribution is -2.22. The van der Waals surface area contributed by atoms with E-state index in [-0.39, 0.29) is 20.7 Å². The number of Topliss-reactive ketones (excluding diaryl/α,β-unsaturated/α-hetero) is 1. The van der Waals surface area contributed by atoms with Gasteiger partial charge in [0.2, 0.25) is 0 Å². The van der Waals surface area contributed by atoms with Gasteiger partial charge in [0.05, 0.1) is 22.1 Å². The van der Waals surface area contributed by atoms with E-state index in [2.05, 4.69) is 5.32 Å². The van der Waals surface area contributed by atoms with Crippen molar-refractivity contribution < 1.29 is 27.5 Å². The van der Waals surface area contributed by atoms with E-state index in [1.54, 1.807) is 12.1 Å². The molecule has 2 aromatic rings. The van der Waals surface area contributed by atoms with Crippen LogP contribution in [-0.4, -0.2) is 38.4 Å². The zero-order valence-corrected chi connectivity index (χ0v) is 17.6. The second-order valence-electron chi connectivity index (χ2n) is 5.99. The zero-order chi connectivity index (χ0) is 21.6. The predicted molar refractivity (Wildman–Crippen MR) is 109 cm³/mol. The summed E-state index contributed by atoms with van der Waals surface area (Å²) < 4.78 is 29.4. The largest absolute Gasteiger partial charge is 0.456 e. The third kappa shape index (κ3) is 6.85. The molecule has 0 radical (unpaired) electrons. The number of carbonyl (C=O) groups is 3. The molecule has 0 unspecified atom stereocenters. The summed E-state index contributed by atoms with van der Waals surface area (Å²) in [5.41, 5.74) is 0.921. The first kappa shape index (κ1) is 22.9. The normalized spacial score (nSPS) is 11.0. The summed E-state index contributed by atoms with van der Waals surface area (Å²) in [5, 5.41) is 2.69. The third-order valence-corrected chi connectivity index (χ3v) is 6.17. The van der Waals surface area contributed by atoms with Crippen LogP contribution in [0.3, 0.4) is 0 Å². The van der Waals surface area contributed by atoms with Gasteiger partial charge in [-0.15, -0.1) is 0 Å². The van der Waals surface area contributed by atoms with Gasteiger partial charge in [-0.05, 0) is 49.4 Å². The number of ketones is 1. The molecule has 0 aliphatic rings. The van der Waals surface area contributed by atoms with Gasteiger partial charge in [-0.2, -0.15) is 0 Å². The van der Waals surface area contributed by atoms with Crippen molar-refractivity contribution in [2.45, 2.75) is 18.2 Å². The lowest BCUT2D eigenvalue weighted by molar-refractivity contribution is -0.146. The minimum Gasteiger partial charge on any atom is -0.456 e. The Labute approximate surface area is 177 Å². The van der Waals surface area contributed by atoms with Crippen molar-refractivity contribution >= 4 is 56.4 Å². The Hall–Kier alpha value is -2.42. The molecule has 29 heavy (non-hydrogen) atoms. The van der Waals surface area contributed by atoms with Crippen LogP contribution < -0.4 is 5.32 Å². The Balaban J connectivity index is 1.84. The molecule has 0 aliphatic carbocycles. The van der Waals surface area contributed by atoms with Crippen LogP contribution in [0, 0.1) is 0 Å². The number of hydrogen-bond acceptors (Lipinski definition) is 6. The van der Waals surface area contributed by atoms with Gasteiger partial charge in [-0.25, -0.2) is 8.42 Å². The van der Waals surface area contributed by atoms with Crippen molar-refractivity contribution in [3.63, 3.8) is 0 Å². The number of ether oxygens (including phenoxy) is 1. The van der Waals surface area contributed by atoms with Crippen molar-refractivity contribution in [2.24, 2.45) is 0 Å². The molecule has 0 spiro atoms. The van der Waals surface area contributed by atoms with E-state index in [0.29, 0.717) is 11.3 Å². The standard InChI is InChI=1S/C19H17Cl2NO6S/c1-12(23)13-2-5-15(6-3-13)22-18(24)11-28-19(25)8-9-29(26,27)17-10-14(20)4-7-16(17)21/h2-7,10H,8-9,11H2,1H3,(H,22,24). The van der Waals surface area contributed by atoms with Gasteiger partial charge in [-0.1, -0.05) is 23.2 Å². The molecule has 10 heteroatoms. The van der Waals surface area contributed by atoms with Crippen LogP contribution in [0.1, 0.15) is 23.7 Å². The zero-order valence-electron chi connectivity index (χ0n) is 15.3. The van der Waals surface area contributed by atoms with E-state index < -0.39 is 40.5 Å². The van der Waals surface area contributed by atoms with Crippen LogP contribution >= 0.6 is 23.2 Å². The van der Waals surface area contributed by atoms with E-state index >= 15 is 0 Å². The summed E-state index contributed by atoms with van der Waals surface area (Å²) in [4.78, 5) is 34.7. The molecule has 0 saturated carbocycles. The summed E-state index contributed by atoms with van der Waals surface area (Å²) in [5.74, 6) is -2.10. The van der Waals surface area contributed by atoms with Gasteiger partial charge in [0.25, 0.3) is 5.91 Å². The first-order valence-electron chi connectivity index (χ1n) is 8.33. The maximum atomic E-state index is 12.3. The second-order valence-corrected chi connectivity index (χ2v) is 8.91. The van der Waals surface area contributed by atoms with Gasteiger partial charge in [0, 0.05) is 16.3 Å². The fourth-order valence-corrected chi connectivity index (χ4v) is 4.28. The molecule has 0 heterocycles. The van der Waals surface area contributed by atoms with E-state index in [1.807, 2.05) is 0 Å². The van der Waals surface area contributed by atoms with Crippen LogP contribution in [-0.2, 0) is 24.2 Å². The van der Waals surface area contributed by atoms with Crippen molar-refractivity contribution in [3.8, 4) is 0 Å². The maximum absolute atomic E-state index is 12.3. The van der Waals surface area contributed by atoms with Gasteiger partial charge in [0.1, 0.15) is 0 Å². The summed E-state index contributed by atoms with van der Waals surface area (Å²) in [6.45, 7) is 0.846. The van der Waals surface area contributed by atoms with Crippen molar-refractivity contribution in [1.82, 2.24) is 0 Å². The lowest BCUT2D eigenvalue weighted by Gasteiger charge is -2.08. The average Bonchev–Trinajstić information content (AvgIpc) is 2.67. The molecular formula is C19H17Cl2NO6S. The number of hydrogen-bond donors (Lipinski definition) is 1. The van der Waals surface area contributed by atoms with Crippen LogP contribution in [0.25, 0.3) is 0 Å². The number of nitrogens with one attached hydrogen (secondary N) is 1. The Morgan fingerprint density at radius 2 is 1.69 bits per heavy atom. The Morgan fingerprint density at radius 1 is 1.03 bits per heavy atom. The number of carbonyl (C=O) groups excluding carboxylic acids is 3. The molecule has 0 aromatic heterocycles. The molecule has 1 amide bonds. The quantitative estimate of drug-likeness (QED) is 0.479. The number of amides is 1. The van der Waals surface area contributed by atoms with E-state index in [1.165, 1.54) is 37.3 Å². The monoisotopic (exact) mass is 457 g/mol. The van der Waals surface area contributed by atoms with Crippen molar-refractivity contribution in [3.05, 3.63) is 58.1 Å². The molecule has 0 saturated heterocycles. The number of sulfone groups is 1. The van der Waals surface area contributed by atoms with Gasteiger partial charge in [-0.3, -0.25) is 14.4 Å². The SMILES string of the molecule is CC(=O)c1ccc(NC(=O)COC(=O)CCS(=O)(=O)c2cc(Cl)ccc2Cl)cc1. The second kappa shape index (κ2) is 9.87. The van der Waals surface area contributed by atoms with Crippen LogP contribution in [0.2, 0.25) is 10.0 Å². The Kier molecular flexibility index (Phi) is 7.78. The molecule has 0 atom stereocenters. The summed E-state index contributed by atoms with van der Waals surface area (Å²) in [6, 6.07) is 10.2. The fraction of sp³-hybridized carbons (Fsp3) is 0.211. The smallest absolute Gasteiger partial charge is 0.307 e. The molecule has 1 N–H and O–H groups in total. The Morgan fingerprint density at radius 3 is 2.31 bits per heavy atom. The topological polar surface area (TPSA) is 107 Å². The molecule has 0 fully saturated rings. The first-order chi connectivity index (χ1) is 13.6. The summed E-state index contributed by atoms with van der Waals surface area (Å²) in [7, 11) is -3.85. The molecule has 2 aromatic carbocycles. The summed E-state index contributed by atoms with van der Waals surface area (Å²) in [6.07, 6.45) is -0.453. The predicted octanol–water partition coefficient (Wildman–Crippen LogP) is 3.54. The average molecular weight is 458 g/mol. The molecular weight excluding hydrogens is 441 g/mol. The van der Waals surface area contributed by atoms with E-state index in [9.17, 15) is 22.8 Å². The highest BCUT2D eigenvalue weighted by molar-refractivity contribution is 7.91. The first-order valence-corrected chi connectivity index (χ1v) is 10.7. The number of halogens is 2. The molecule has 154 valence electrons. The molecule has 0 aliphatic heterocycles. The van der Waals surface area contributed by atoms with Crippen molar-refractivity contribution in [1.29, 1.82) is 0 Å². The van der Waals surface area contributed by atoms with E-state index in [4.69, 9.17) is 27.9 Å². The maximum Gasteiger partial charge on any atom is 0.307 e. The number of rotatable bonds is 8. The third-order valence-electron chi connectivity index (χ3n) is 3.74. The summed E-state index contributed by atoms with van der Waals surface area (Å²) >= 11 is 11.7. The van der Waals surface area contributed by atoms with Crippen LogP contribution in [0.15, 0.2) is 47.4 Å². The molecule has 0 bridgehead atoms. The fourth-order valence-electron chi connectivity index (χ4n) is 2.25. The highest BCUT2D eigenvalue weighted by atomic mass is 35.5. The van der Waals surface area contributed by atoms with Crippen LogP contribution in [0.4, 0.5) is 5.69 Å².